The molecule has 1 aliphatic rings. The molecule has 0 bridgehead atoms. The molecule has 4 heteroatoms. The van der Waals surface area contributed by atoms with Gasteiger partial charge in [-0.15, -0.1) is 0 Å². The lowest BCUT2D eigenvalue weighted by atomic mass is 10.2. The Morgan fingerprint density at radius 2 is 2.17 bits per heavy atom. The molecule has 3 rings (SSSR count). The molecule has 1 aromatic heterocycles. The van der Waals surface area contributed by atoms with Gasteiger partial charge >= 0.3 is 0 Å². The fourth-order valence-electron chi connectivity index (χ4n) is 2.56. The second-order valence-electron chi connectivity index (χ2n) is 5.01. The Bertz CT molecular complexity index is 545. The Balaban J connectivity index is 1.89. The molecule has 0 spiro atoms. The van der Waals surface area contributed by atoms with Crippen LogP contribution in [0.25, 0.3) is 10.9 Å². The molecule has 1 N–H and O–H groups in total. The van der Waals surface area contributed by atoms with Gasteiger partial charge in [-0.05, 0) is 18.9 Å². The van der Waals surface area contributed by atoms with Crippen molar-refractivity contribution < 1.29 is 5.11 Å². The minimum Gasteiger partial charge on any atom is -0.395 e. The SMILES string of the molecule is Cn1nc(CN(CCO)C2CC2)c2ccccc21. The summed E-state index contributed by atoms with van der Waals surface area (Å²) in [4.78, 5) is 2.34. The fourth-order valence-corrected chi connectivity index (χ4v) is 2.56. The first-order valence-electron chi connectivity index (χ1n) is 6.55. The van der Waals surface area contributed by atoms with Gasteiger partial charge in [-0.1, -0.05) is 18.2 Å². The molecule has 1 saturated carbocycles. The Morgan fingerprint density at radius 1 is 1.39 bits per heavy atom. The second-order valence-corrected chi connectivity index (χ2v) is 5.01. The van der Waals surface area contributed by atoms with Gasteiger partial charge in [-0.3, -0.25) is 9.58 Å². The van der Waals surface area contributed by atoms with Gasteiger partial charge in [-0.2, -0.15) is 5.10 Å². The van der Waals surface area contributed by atoms with Crippen molar-refractivity contribution in [1.29, 1.82) is 0 Å². The van der Waals surface area contributed by atoms with E-state index in [4.69, 9.17) is 5.11 Å². The van der Waals surface area contributed by atoms with Crippen LogP contribution in [0.5, 0.6) is 0 Å². The normalized spacial score (nSPS) is 15.7. The maximum absolute atomic E-state index is 9.14. The lowest BCUT2D eigenvalue weighted by molar-refractivity contribution is 0.182. The van der Waals surface area contributed by atoms with Crippen LogP contribution in [0.2, 0.25) is 0 Å². The summed E-state index contributed by atoms with van der Waals surface area (Å²) in [6, 6.07) is 8.97. The summed E-state index contributed by atoms with van der Waals surface area (Å²) in [7, 11) is 1.99. The van der Waals surface area contributed by atoms with Crippen LogP contribution < -0.4 is 0 Å². The highest BCUT2D eigenvalue weighted by atomic mass is 16.3. The minimum absolute atomic E-state index is 0.223. The zero-order valence-electron chi connectivity index (χ0n) is 10.7. The van der Waals surface area contributed by atoms with E-state index in [1.165, 1.54) is 23.7 Å². The summed E-state index contributed by atoms with van der Waals surface area (Å²) in [5, 5.41) is 15.0. The van der Waals surface area contributed by atoms with Gasteiger partial charge in [0, 0.05) is 31.6 Å². The van der Waals surface area contributed by atoms with E-state index in [1.807, 2.05) is 17.8 Å². The molecule has 0 saturated heterocycles. The van der Waals surface area contributed by atoms with E-state index < -0.39 is 0 Å². The van der Waals surface area contributed by atoms with Gasteiger partial charge in [0.2, 0.25) is 0 Å². The first-order valence-corrected chi connectivity index (χ1v) is 6.55. The van der Waals surface area contributed by atoms with E-state index in [0.717, 1.165) is 18.8 Å². The van der Waals surface area contributed by atoms with Crippen LogP contribution in [0.1, 0.15) is 18.5 Å². The Labute approximate surface area is 107 Å². The van der Waals surface area contributed by atoms with Crippen molar-refractivity contribution >= 4 is 10.9 Å². The minimum atomic E-state index is 0.223. The van der Waals surface area contributed by atoms with Gasteiger partial charge in [0.05, 0.1) is 17.8 Å². The topological polar surface area (TPSA) is 41.3 Å². The van der Waals surface area contributed by atoms with E-state index in [0.29, 0.717) is 6.04 Å². The molecule has 1 aromatic carbocycles. The fraction of sp³-hybridized carbons (Fsp3) is 0.500. The smallest absolute Gasteiger partial charge is 0.0843 e. The molecule has 0 atom stereocenters. The van der Waals surface area contributed by atoms with Crippen LogP contribution in [-0.2, 0) is 13.6 Å². The number of hydrogen-bond acceptors (Lipinski definition) is 3. The number of para-hydroxylation sites is 1. The highest BCUT2D eigenvalue weighted by Crippen LogP contribution is 2.29. The van der Waals surface area contributed by atoms with Gasteiger partial charge in [0.15, 0.2) is 0 Å². The Morgan fingerprint density at radius 3 is 2.89 bits per heavy atom. The van der Waals surface area contributed by atoms with Crippen LogP contribution >= 0.6 is 0 Å². The average molecular weight is 245 g/mol. The molecule has 0 aliphatic heterocycles. The first-order chi connectivity index (χ1) is 8.79. The Kier molecular flexibility index (Phi) is 3.06. The molecule has 4 nitrogen and oxygen atoms in total. The molecule has 96 valence electrons. The first kappa shape index (κ1) is 11.7. The largest absolute Gasteiger partial charge is 0.395 e. The van der Waals surface area contributed by atoms with E-state index >= 15 is 0 Å². The zero-order chi connectivity index (χ0) is 12.5. The summed E-state index contributed by atoms with van der Waals surface area (Å²) in [5.74, 6) is 0. The molecule has 1 fully saturated rings. The van der Waals surface area contributed by atoms with Crippen LogP contribution in [0.15, 0.2) is 24.3 Å². The number of aliphatic hydroxyl groups excluding tert-OH is 1. The van der Waals surface area contributed by atoms with Gasteiger partial charge in [0.1, 0.15) is 0 Å². The monoisotopic (exact) mass is 245 g/mol. The molecular formula is C14H19N3O. The van der Waals surface area contributed by atoms with Crippen LogP contribution in [-0.4, -0.2) is 39.0 Å². The summed E-state index contributed by atoms with van der Waals surface area (Å²) < 4.78 is 1.94. The Hall–Kier alpha value is -1.39. The predicted molar refractivity (Wildman–Crippen MR) is 71.2 cm³/mol. The number of aliphatic hydroxyl groups is 1. The summed E-state index contributed by atoms with van der Waals surface area (Å²) in [6.07, 6.45) is 2.51. The van der Waals surface area contributed by atoms with Crippen molar-refractivity contribution in [1.82, 2.24) is 14.7 Å². The van der Waals surface area contributed by atoms with E-state index in [1.54, 1.807) is 0 Å². The second kappa shape index (κ2) is 4.71. The van der Waals surface area contributed by atoms with Crippen molar-refractivity contribution in [3.05, 3.63) is 30.0 Å². The molecule has 1 heterocycles. The van der Waals surface area contributed by atoms with Gasteiger partial charge in [-0.25, -0.2) is 0 Å². The van der Waals surface area contributed by atoms with Gasteiger partial charge in [0.25, 0.3) is 0 Å². The number of aromatic nitrogens is 2. The number of fused-ring (bicyclic) bond motifs is 1. The maximum Gasteiger partial charge on any atom is 0.0843 e. The van der Waals surface area contributed by atoms with Crippen molar-refractivity contribution in [3.63, 3.8) is 0 Å². The zero-order valence-corrected chi connectivity index (χ0v) is 10.7. The van der Waals surface area contributed by atoms with E-state index in [-0.39, 0.29) is 6.61 Å². The molecule has 18 heavy (non-hydrogen) atoms. The van der Waals surface area contributed by atoms with E-state index in [9.17, 15) is 0 Å². The lowest BCUT2D eigenvalue weighted by Gasteiger charge is -2.19. The predicted octanol–water partition coefficient (Wildman–Crippen LogP) is 1.53. The van der Waals surface area contributed by atoms with E-state index in [2.05, 4.69) is 28.2 Å². The summed E-state index contributed by atoms with van der Waals surface area (Å²) in [6.45, 7) is 1.81. The maximum atomic E-state index is 9.14. The number of aryl methyl sites for hydroxylation is 1. The number of benzene rings is 1. The van der Waals surface area contributed by atoms with Crippen molar-refractivity contribution in [2.45, 2.75) is 25.4 Å². The summed E-state index contributed by atoms with van der Waals surface area (Å²) in [5.41, 5.74) is 2.29. The molecule has 0 radical (unpaired) electrons. The van der Waals surface area contributed by atoms with Crippen molar-refractivity contribution in [3.8, 4) is 0 Å². The highest BCUT2D eigenvalue weighted by molar-refractivity contribution is 5.81. The van der Waals surface area contributed by atoms with Crippen LogP contribution in [0.4, 0.5) is 0 Å². The van der Waals surface area contributed by atoms with Crippen LogP contribution in [0.3, 0.4) is 0 Å². The van der Waals surface area contributed by atoms with Crippen molar-refractivity contribution in [2.75, 3.05) is 13.2 Å². The standard InChI is InChI=1S/C14H19N3O/c1-16-14-5-3-2-4-12(14)13(15-16)10-17(8-9-18)11-6-7-11/h2-5,11,18H,6-10H2,1H3. The highest BCUT2D eigenvalue weighted by Gasteiger charge is 2.29. The third-order valence-corrected chi connectivity index (χ3v) is 3.64. The number of nitrogens with zero attached hydrogens (tertiary/aromatic N) is 3. The number of hydrogen-bond donors (Lipinski definition) is 1. The number of rotatable bonds is 5. The summed E-state index contributed by atoms with van der Waals surface area (Å²) >= 11 is 0. The molecule has 2 aromatic rings. The van der Waals surface area contributed by atoms with Crippen LogP contribution in [0, 0.1) is 0 Å². The lowest BCUT2D eigenvalue weighted by Crippen LogP contribution is -2.28. The molecule has 0 amide bonds. The molecular weight excluding hydrogens is 226 g/mol. The molecule has 1 aliphatic carbocycles. The third-order valence-electron chi connectivity index (χ3n) is 3.64. The average Bonchev–Trinajstić information content (AvgIpc) is 3.17. The molecule has 0 unspecified atom stereocenters. The van der Waals surface area contributed by atoms with Crippen molar-refractivity contribution in [2.24, 2.45) is 7.05 Å². The van der Waals surface area contributed by atoms with Gasteiger partial charge < -0.3 is 5.11 Å². The quantitative estimate of drug-likeness (QED) is 0.868. The third kappa shape index (κ3) is 2.13.